The van der Waals surface area contributed by atoms with E-state index in [4.69, 9.17) is 4.74 Å². The van der Waals surface area contributed by atoms with Crippen molar-refractivity contribution < 1.29 is 17.9 Å². The van der Waals surface area contributed by atoms with Gasteiger partial charge in [0, 0.05) is 22.9 Å². The molecule has 0 radical (unpaired) electrons. The molecule has 0 atom stereocenters. The molecule has 1 aromatic heterocycles. The minimum absolute atomic E-state index is 0.0975. The van der Waals surface area contributed by atoms with E-state index in [9.17, 15) is 13.2 Å². The van der Waals surface area contributed by atoms with Crippen LogP contribution in [-0.4, -0.2) is 25.9 Å². The number of rotatable bonds is 6. The Morgan fingerprint density at radius 1 is 1.29 bits per heavy atom. The molecular formula is C16H15BrN2O4S. The molecule has 1 amide bonds. The predicted molar refractivity (Wildman–Crippen MR) is 93.9 cm³/mol. The lowest BCUT2D eigenvalue weighted by Gasteiger charge is -2.05. The maximum absolute atomic E-state index is 12.1. The molecule has 1 N–H and O–H groups in total. The zero-order chi connectivity index (χ0) is 17.6. The van der Waals surface area contributed by atoms with Gasteiger partial charge in [-0.05, 0) is 52.7 Å². The fourth-order valence-corrected chi connectivity index (χ4v) is 3.23. The zero-order valence-electron chi connectivity index (χ0n) is 12.8. The SMILES string of the molecule is CCOc1ccc(/C=C/C(=O)NS(=O)(=O)c2cncc(Br)c2)cc1. The first-order chi connectivity index (χ1) is 11.4. The molecule has 0 saturated carbocycles. The van der Waals surface area contributed by atoms with Crippen LogP contribution in [0, 0.1) is 0 Å². The van der Waals surface area contributed by atoms with Crippen LogP contribution in [0.25, 0.3) is 6.08 Å². The van der Waals surface area contributed by atoms with Crippen LogP contribution in [0.15, 0.2) is 58.2 Å². The number of aromatic nitrogens is 1. The average Bonchev–Trinajstić information content (AvgIpc) is 2.54. The van der Waals surface area contributed by atoms with E-state index >= 15 is 0 Å². The second kappa shape index (κ2) is 8.07. The van der Waals surface area contributed by atoms with E-state index in [0.29, 0.717) is 11.1 Å². The number of hydrogen-bond donors (Lipinski definition) is 1. The molecule has 1 aromatic carbocycles. The topological polar surface area (TPSA) is 85.4 Å². The molecule has 24 heavy (non-hydrogen) atoms. The highest BCUT2D eigenvalue weighted by Gasteiger charge is 2.16. The first-order valence-corrected chi connectivity index (χ1v) is 9.26. The van der Waals surface area contributed by atoms with Gasteiger partial charge in [0.15, 0.2) is 0 Å². The number of ether oxygens (including phenoxy) is 1. The maximum Gasteiger partial charge on any atom is 0.265 e. The molecule has 0 fully saturated rings. The summed E-state index contributed by atoms with van der Waals surface area (Å²) in [6.45, 7) is 2.46. The molecule has 0 aliphatic heterocycles. The number of benzene rings is 1. The van der Waals surface area contributed by atoms with Crippen molar-refractivity contribution in [1.82, 2.24) is 9.71 Å². The number of nitrogens with one attached hydrogen (secondary N) is 1. The third kappa shape index (κ3) is 5.17. The number of pyridine rings is 1. The Balaban J connectivity index is 2.04. The third-order valence-electron chi connectivity index (χ3n) is 2.84. The Labute approximate surface area is 148 Å². The number of sulfonamides is 1. The zero-order valence-corrected chi connectivity index (χ0v) is 15.2. The standard InChI is InChI=1S/C16H15BrN2O4S/c1-2-23-14-6-3-12(4-7-14)5-8-16(20)19-24(21,22)15-9-13(17)10-18-11-15/h3-11H,2H2,1H3,(H,19,20)/b8-5+. The Morgan fingerprint density at radius 3 is 2.62 bits per heavy atom. The second-order valence-electron chi connectivity index (χ2n) is 4.64. The molecule has 0 spiro atoms. The van der Waals surface area contributed by atoms with Gasteiger partial charge in [0.1, 0.15) is 10.6 Å². The summed E-state index contributed by atoms with van der Waals surface area (Å²) in [5.74, 6) is -0.0207. The highest BCUT2D eigenvalue weighted by atomic mass is 79.9. The Kier molecular flexibility index (Phi) is 6.10. The summed E-state index contributed by atoms with van der Waals surface area (Å²) in [7, 11) is -3.96. The van der Waals surface area contributed by atoms with E-state index in [2.05, 4.69) is 20.9 Å². The molecule has 0 bridgehead atoms. The minimum Gasteiger partial charge on any atom is -0.494 e. The highest BCUT2D eigenvalue weighted by molar-refractivity contribution is 9.10. The Hall–Kier alpha value is -2.19. The van der Waals surface area contributed by atoms with Crippen LogP contribution in [0.1, 0.15) is 12.5 Å². The van der Waals surface area contributed by atoms with Crippen molar-refractivity contribution in [3.05, 3.63) is 58.8 Å². The van der Waals surface area contributed by atoms with E-state index in [0.717, 1.165) is 23.6 Å². The molecular weight excluding hydrogens is 396 g/mol. The monoisotopic (exact) mass is 410 g/mol. The summed E-state index contributed by atoms with van der Waals surface area (Å²) in [4.78, 5) is 15.5. The molecule has 0 unspecified atom stereocenters. The first-order valence-electron chi connectivity index (χ1n) is 6.99. The molecule has 1 heterocycles. The van der Waals surface area contributed by atoms with Crippen LogP contribution in [0.4, 0.5) is 0 Å². The molecule has 8 heteroatoms. The summed E-state index contributed by atoms with van der Waals surface area (Å²) >= 11 is 3.14. The molecule has 0 aliphatic rings. The number of halogens is 1. The summed E-state index contributed by atoms with van der Waals surface area (Å²) in [6.07, 6.45) is 5.28. The van der Waals surface area contributed by atoms with E-state index < -0.39 is 15.9 Å². The van der Waals surface area contributed by atoms with Gasteiger partial charge in [0.25, 0.3) is 15.9 Å². The fraction of sp³-hybridized carbons (Fsp3) is 0.125. The van der Waals surface area contributed by atoms with Gasteiger partial charge in [-0.1, -0.05) is 12.1 Å². The van der Waals surface area contributed by atoms with Crippen LogP contribution in [0.3, 0.4) is 0 Å². The lowest BCUT2D eigenvalue weighted by atomic mass is 10.2. The van der Waals surface area contributed by atoms with E-state index in [1.54, 1.807) is 24.3 Å². The largest absolute Gasteiger partial charge is 0.494 e. The van der Waals surface area contributed by atoms with Crippen molar-refractivity contribution in [1.29, 1.82) is 0 Å². The van der Waals surface area contributed by atoms with Crippen LogP contribution in [0.2, 0.25) is 0 Å². The van der Waals surface area contributed by atoms with Gasteiger partial charge in [-0.2, -0.15) is 0 Å². The van der Waals surface area contributed by atoms with Crippen molar-refractivity contribution >= 4 is 37.9 Å². The van der Waals surface area contributed by atoms with E-state index in [1.165, 1.54) is 18.3 Å². The fourth-order valence-electron chi connectivity index (χ4n) is 1.78. The quantitative estimate of drug-likeness (QED) is 0.739. The van der Waals surface area contributed by atoms with Crippen molar-refractivity contribution in [2.24, 2.45) is 0 Å². The van der Waals surface area contributed by atoms with Gasteiger partial charge >= 0.3 is 0 Å². The second-order valence-corrected chi connectivity index (χ2v) is 7.24. The summed E-state index contributed by atoms with van der Waals surface area (Å²) < 4.78 is 31.9. The van der Waals surface area contributed by atoms with Crippen molar-refractivity contribution in [2.45, 2.75) is 11.8 Å². The van der Waals surface area contributed by atoms with Gasteiger partial charge < -0.3 is 4.74 Å². The summed E-state index contributed by atoms with van der Waals surface area (Å²) in [5, 5.41) is 0. The number of hydrogen-bond acceptors (Lipinski definition) is 5. The van der Waals surface area contributed by atoms with Crippen LogP contribution in [-0.2, 0) is 14.8 Å². The van der Waals surface area contributed by atoms with Crippen molar-refractivity contribution in [2.75, 3.05) is 6.61 Å². The van der Waals surface area contributed by atoms with Gasteiger partial charge in [0.05, 0.1) is 6.61 Å². The van der Waals surface area contributed by atoms with E-state index in [-0.39, 0.29) is 4.90 Å². The number of carbonyl (C=O) groups excluding carboxylic acids is 1. The van der Waals surface area contributed by atoms with Crippen LogP contribution < -0.4 is 9.46 Å². The Morgan fingerprint density at radius 2 is 2.00 bits per heavy atom. The van der Waals surface area contributed by atoms with Gasteiger partial charge in [-0.15, -0.1) is 0 Å². The van der Waals surface area contributed by atoms with Gasteiger partial charge in [0.2, 0.25) is 0 Å². The highest BCUT2D eigenvalue weighted by Crippen LogP contribution is 2.15. The number of nitrogens with zero attached hydrogens (tertiary/aromatic N) is 1. The molecule has 0 saturated heterocycles. The normalized spacial score (nSPS) is 11.4. The molecule has 2 aromatic rings. The molecule has 126 valence electrons. The average molecular weight is 411 g/mol. The molecule has 2 rings (SSSR count). The lowest BCUT2D eigenvalue weighted by molar-refractivity contribution is -0.114. The smallest absolute Gasteiger partial charge is 0.265 e. The van der Waals surface area contributed by atoms with Crippen LogP contribution >= 0.6 is 15.9 Å². The number of carbonyl (C=O) groups is 1. The van der Waals surface area contributed by atoms with Crippen LogP contribution in [0.5, 0.6) is 5.75 Å². The third-order valence-corrected chi connectivity index (χ3v) is 4.59. The predicted octanol–water partition coefficient (Wildman–Crippen LogP) is 2.76. The number of amides is 1. The lowest BCUT2D eigenvalue weighted by Crippen LogP contribution is -2.29. The van der Waals surface area contributed by atoms with E-state index in [1.807, 2.05) is 11.6 Å². The summed E-state index contributed by atoms with van der Waals surface area (Å²) in [5.41, 5.74) is 0.745. The van der Waals surface area contributed by atoms with Gasteiger partial charge in [-0.25, -0.2) is 13.1 Å². The Bertz CT molecular complexity index is 849. The van der Waals surface area contributed by atoms with Crippen molar-refractivity contribution in [3.8, 4) is 5.75 Å². The molecule has 6 nitrogen and oxygen atoms in total. The maximum atomic E-state index is 12.1. The first kappa shape index (κ1) is 18.2. The van der Waals surface area contributed by atoms with Crippen molar-refractivity contribution in [3.63, 3.8) is 0 Å². The summed E-state index contributed by atoms with van der Waals surface area (Å²) in [6, 6.07) is 8.43. The van der Waals surface area contributed by atoms with Gasteiger partial charge in [-0.3, -0.25) is 9.78 Å². The molecule has 0 aliphatic carbocycles. The minimum atomic E-state index is -3.96.